The third kappa shape index (κ3) is 3.77. The summed E-state index contributed by atoms with van der Waals surface area (Å²) in [5.74, 6) is 0.819. The monoisotopic (exact) mass is 330 g/mol. The molecular weight excluding hydrogens is 312 g/mol. The zero-order chi connectivity index (χ0) is 16.2. The van der Waals surface area contributed by atoms with Gasteiger partial charge in [0.2, 0.25) is 5.91 Å². The van der Waals surface area contributed by atoms with Crippen molar-refractivity contribution < 1.29 is 9.53 Å². The minimum absolute atomic E-state index is 0.0106. The average Bonchev–Trinajstić information content (AvgIpc) is 2.57. The lowest BCUT2D eigenvalue weighted by Crippen LogP contribution is -2.46. The zero-order valence-electron chi connectivity index (χ0n) is 13.0. The number of fused-ring (bicyclic) bond motifs is 1. The predicted octanol–water partition coefficient (Wildman–Crippen LogP) is 3.24. The van der Waals surface area contributed by atoms with E-state index in [2.05, 4.69) is 17.1 Å². The Morgan fingerprint density at radius 2 is 2.00 bits per heavy atom. The van der Waals surface area contributed by atoms with Gasteiger partial charge in [0.1, 0.15) is 12.4 Å². The van der Waals surface area contributed by atoms with Crippen molar-refractivity contribution in [1.29, 1.82) is 0 Å². The number of halogens is 1. The Bertz CT molecular complexity index is 688. The van der Waals surface area contributed by atoms with Crippen LogP contribution in [0.2, 0.25) is 5.02 Å². The standard InChI is InChI=1S/C18H19ClN2O2/c1-13-12-23-17-5-3-2-4-16(17)21(13)11-18(22)20-10-14-6-8-15(19)9-7-14/h2-9,13H,10-12H2,1H3,(H,20,22)/t13-/m0/s1. The van der Waals surface area contributed by atoms with Crippen molar-refractivity contribution in [3.8, 4) is 5.75 Å². The molecule has 5 heteroatoms. The highest BCUT2D eigenvalue weighted by atomic mass is 35.5. The fourth-order valence-corrected chi connectivity index (χ4v) is 2.73. The second-order valence-electron chi connectivity index (χ2n) is 5.66. The maximum Gasteiger partial charge on any atom is 0.239 e. The molecule has 0 fully saturated rings. The Kier molecular flexibility index (Phi) is 4.72. The minimum Gasteiger partial charge on any atom is -0.489 e. The van der Waals surface area contributed by atoms with Gasteiger partial charge in [0.15, 0.2) is 0 Å². The molecule has 1 aliphatic heterocycles. The zero-order valence-corrected chi connectivity index (χ0v) is 13.7. The van der Waals surface area contributed by atoms with Crippen molar-refractivity contribution in [3.63, 3.8) is 0 Å². The summed E-state index contributed by atoms with van der Waals surface area (Å²) in [6.45, 7) is 3.45. The molecule has 23 heavy (non-hydrogen) atoms. The summed E-state index contributed by atoms with van der Waals surface area (Å²) in [5, 5.41) is 3.65. The average molecular weight is 331 g/mol. The number of amides is 1. The molecule has 1 aliphatic rings. The number of para-hydroxylation sites is 2. The molecule has 3 rings (SSSR count). The third-order valence-corrected chi connectivity index (χ3v) is 4.16. The smallest absolute Gasteiger partial charge is 0.239 e. The van der Waals surface area contributed by atoms with E-state index in [-0.39, 0.29) is 11.9 Å². The van der Waals surface area contributed by atoms with Gasteiger partial charge in [0.05, 0.1) is 18.3 Å². The van der Waals surface area contributed by atoms with Gasteiger partial charge in [0, 0.05) is 11.6 Å². The number of ether oxygens (including phenoxy) is 1. The first-order valence-corrected chi connectivity index (χ1v) is 8.01. The molecule has 4 nitrogen and oxygen atoms in total. The van der Waals surface area contributed by atoms with Crippen LogP contribution in [0, 0.1) is 0 Å². The van der Waals surface area contributed by atoms with Crippen LogP contribution in [0.1, 0.15) is 12.5 Å². The Morgan fingerprint density at radius 3 is 2.78 bits per heavy atom. The summed E-state index contributed by atoms with van der Waals surface area (Å²) < 4.78 is 5.70. The van der Waals surface area contributed by atoms with Crippen molar-refractivity contribution in [1.82, 2.24) is 5.32 Å². The summed E-state index contributed by atoms with van der Waals surface area (Å²) in [5.41, 5.74) is 1.99. The molecule has 0 saturated carbocycles. The number of nitrogens with one attached hydrogen (secondary N) is 1. The van der Waals surface area contributed by atoms with E-state index in [9.17, 15) is 4.79 Å². The fourth-order valence-electron chi connectivity index (χ4n) is 2.61. The van der Waals surface area contributed by atoms with Crippen LogP contribution in [-0.4, -0.2) is 25.1 Å². The number of nitrogens with zero attached hydrogens (tertiary/aromatic N) is 1. The Balaban J connectivity index is 1.62. The summed E-state index contributed by atoms with van der Waals surface area (Å²) in [7, 11) is 0. The Labute approximate surface area is 141 Å². The number of anilines is 1. The lowest BCUT2D eigenvalue weighted by Gasteiger charge is -2.36. The van der Waals surface area contributed by atoms with Crippen molar-refractivity contribution in [2.24, 2.45) is 0 Å². The van der Waals surface area contributed by atoms with E-state index >= 15 is 0 Å². The van der Waals surface area contributed by atoms with Crippen LogP contribution in [-0.2, 0) is 11.3 Å². The molecule has 1 heterocycles. The van der Waals surface area contributed by atoms with E-state index in [4.69, 9.17) is 16.3 Å². The second kappa shape index (κ2) is 6.92. The maximum absolute atomic E-state index is 12.3. The summed E-state index contributed by atoms with van der Waals surface area (Å²) in [6, 6.07) is 15.4. The van der Waals surface area contributed by atoms with Gasteiger partial charge >= 0.3 is 0 Å². The molecule has 2 aromatic carbocycles. The first-order chi connectivity index (χ1) is 11.1. The van der Waals surface area contributed by atoms with Crippen molar-refractivity contribution in [3.05, 3.63) is 59.1 Å². The van der Waals surface area contributed by atoms with Crippen molar-refractivity contribution in [2.45, 2.75) is 19.5 Å². The molecule has 0 spiro atoms. The molecule has 0 radical (unpaired) electrons. The Hall–Kier alpha value is -2.20. The number of carbonyl (C=O) groups excluding carboxylic acids is 1. The predicted molar refractivity (Wildman–Crippen MR) is 92.0 cm³/mol. The van der Waals surface area contributed by atoms with Crippen LogP contribution >= 0.6 is 11.6 Å². The number of hydrogen-bond acceptors (Lipinski definition) is 3. The van der Waals surface area contributed by atoms with Crippen LogP contribution in [0.5, 0.6) is 5.75 Å². The molecule has 0 saturated heterocycles. The molecule has 0 aromatic heterocycles. The molecule has 0 aliphatic carbocycles. The van der Waals surface area contributed by atoms with Crippen LogP contribution < -0.4 is 15.0 Å². The molecule has 2 aromatic rings. The van der Waals surface area contributed by atoms with Crippen LogP contribution in [0.4, 0.5) is 5.69 Å². The third-order valence-electron chi connectivity index (χ3n) is 3.90. The number of rotatable bonds is 4. The molecular formula is C18H19ClN2O2. The van der Waals surface area contributed by atoms with E-state index in [0.717, 1.165) is 17.0 Å². The van der Waals surface area contributed by atoms with E-state index in [1.54, 1.807) is 0 Å². The van der Waals surface area contributed by atoms with Gasteiger partial charge in [-0.05, 0) is 36.8 Å². The molecule has 1 N–H and O–H groups in total. The van der Waals surface area contributed by atoms with Crippen molar-refractivity contribution >= 4 is 23.2 Å². The summed E-state index contributed by atoms with van der Waals surface area (Å²) >= 11 is 5.86. The molecule has 1 amide bonds. The molecule has 0 unspecified atom stereocenters. The minimum atomic E-state index is -0.0106. The normalized spacial score (nSPS) is 16.4. The first-order valence-electron chi connectivity index (χ1n) is 7.63. The Morgan fingerprint density at radius 1 is 1.26 bits per heavy atom. The van der Waals surface area contributed by atoms with Gasteiger partial charge in [-0.15, -0.1) is 0 Å². The first kappa shape index (κ1) is 15.7. The van der Waals surface area contributed by atoms with Gasteiger partial charge in [-0.25, -0.2) is 0 Å². The number of carbonyl (C=O) groups is 1. The highest BCUT2D eigenvalue weighted by Crippen LogP contribution is 2.33. The molecule has 120 valence electrons. The second-order valence-corrected chi connectivity index (χ2v) is 6.10. The number of hydrogen-bond donors (Lipinski definition) is 1. The largest absolute Gasteiger partial charge is 0.489 e. The summed E-state index contributed by atoms with van der Waals surface area (Å²) in [6.07, 6.45) is 0. The highest BCUT2D eigenvalue weighted by molar-refractivity contribution is 6.30. The fraction of sp³-hybridized carbons (Fsp3) is 0.278. The van der Waals surface area contributed by atoms with Gasteiger partial charge in [-0.1, -0.05) is 35.9 Å². The van der Waals surface area contributed by atoms with Gasteiger partial charge in [-0.3, -0.25) is 4.79 Å². The van der Waals surface area contributed by atoms with Crippen LogP contribution in [0.25, 0.3) is 0 Å². The quantitative estimate of drug-likeness (QED) is 0.935. The number of benzene rings is 2. The van der Waals surface area contributed by atoms with Crippen LogP contribution in [0.15, 0.2) is 48.5 Å². The van der Waals surface area contributed by atoms with E-state index in [0.29, 0.717) is 24.7 Å². The maximum atomic E-state index is 12.3. The van der Waals surface area contributed by atoms with Gasteiger partial charge in [-0.2, -0.15) is 0 Å². The van der Waals surface area contributed by atoms with Crippen LogP contribution in [0.3, 0.4) is 0 Å². The molecule has 1 atom stereocenters. The van der Waals surface area contributed by atoms with Crippen molar-refractivity contribution in [2.75, 3.05) is 18.1 Å². The highest BCUT2D eigenvalue weighted by Gasteiger charge is 2.25. The lowest BCUT2D eigenvalue weighted by atomic mass is 10.1. The lowest BCUT2D eigenvalue weighted by molar-refractivity contribution is -0.120. The van der Waals surface area contributed by atoms with Gasteiger partial charge in [0.25, 0.3) is 0 Å². The van der Waals surface area contributed by atoms with E-state index < -0.39 is 0 Å². The summed E-state index contributed by atoms with van der Waals surface area (Å²) in [4.78, 5) is 14.4. The topological polar surface area (TPSA) is 41.6 Å². The van der Waals surface area contributed by atoms with E-state index in [1.807, 2.05) is 48.5 Å². The van der Waals surface area contributed by atoms with Gasteiger partial charge < -0.3 is 15.0 Å². The SMILES string of the molecule is C[C@H]1COc2ccccc2N1CC(=O)NCc1ccc(Cl)cc1. The molecule has 0 bridgehead atoms. The van der Waals surface area contributed by atoms with E-state index in [1.165, 1.54) is 0 Å².